The van der Waals surface area contributed by atoms with Crippen LogP contribution in [-0.2, 0) is 9.59 Å². The summed E-state index contributed by atoms with van der Waals surface area (Å²) in [4.78, 5) is 44.0. The van der Waals surface area contributed by atoms with Crippen LogP contribution in [0.4, 0.5) is 16.4 Å². The van der Waals surface area contributed by atoms with Crippen LogP contribution < -0.4 is 15.7 Å². The van der Waals surface area contributed by atoms with Crippen molar-refractivity contribution in [2.75, 3.05) is 10.6 Å². The molecule has 1 heterocycles. The van der Waals surface area contributed by atoms with Gasteiger partial charge in [-0.1, -0.05) is 11.3 Å². The summed E-state index contributed by atoms with van der Waals surface area (Å²) in [5.41, 5.74) is 0.877. The van der Waals surface area contributed by atoms with Crippen molar-refractivity contribution in [2.24, 2.45) is 0 Å². The third-order valence-electron chi connectivity index (χ3n) is 2.98. The minimum absolute atomic E-state index is 0.125. The molecule has 0 aliphatic rings. The Balaban J connectivity index is 1.93. The van der Waals surface area contributed by atoms with Crippen molar-refractivity contribution < 1.29 is 24.4 Å². The van der Waals surface area contributed by atoms with Gasteiger partial charge in [-0.15, -0.1) is 0 Å². The number of carbonyl (C=O) groups excluding carboxylic acids is 3. The second kappa shape index (κ2) is 8.02. The maximum Gasteiger partial charge on any atom is 0.324 e. The predicted octanol–water partition coefficient (Wildman–Crippen LogP) is 1.38. The van der Waals surface area contributed by atoms with E-state index in [0.717, 1.165) is 11.3 Å². The van der Waals surface area contributed by atoms with Gasteiger partial charge in [-0.05, 0) is 36.8 Å². The largest absolute Gasteiger partial charge is 0.550 e. The maximum absolute atomic E-state index is 12.0. The molecular formula is C15H12N3O6S-. The van der Waals surface area contributed by atoms with Gasteiger partial charge in [-0.25, -0.2) is 0 Å². The zero-order chi connectivity index (χ0) is 18.4. The molecule has 2 rings (SSSR count). The molecule has 0 atom stereocenters. The number of nitrogens with zero attached hydrogens (tertiary/aromatic N) is 1. The number of benzene rings is 1. The number of aliphatic carboxylic acids is 1. The van der Waals surface area contributed by atoms with Gasteiger partial charge in [0.2, 0.25) is 5.91 Å². The Labute approximate surface area is 145 Å². The smallest absolute Gasteiger partial charge is 0.324 e. The quantitative estimate of drug-likeness (QED) is 0.563. The van der Waals surface area contributed by atoms with E-state index in [1.54, 1.807) is 0 Å². The first-order chi connectivity index (χ1) is 11.8. The van der Waals surface area contributed by atoms with E-state index in [4.69, 9.17) is 0 Å². The molecule has 0 aliphatic carbocycles. The molecule has 0 fully saturated rings. The van der Waals surface area contributed by atoms with Crippen LogP contribution in [0.15, 0.2) is 36.4 Å². The second-order valence-electron chi connectivity index (χ2n) is 4.85. The Morgan fingerprint density at radius 2 is 1.56 bits per heavy atom. The Kier molecular flexibility index (Phi) is 5.79. The van der Waals surface area contributed by atoms with Crippen LogP contribution in [0.1, 0.15) is 22.5 Å². The van der Waals surface area contributed by atoms with E-state index >= 15 is 0 Å². The number of hydrogen-bond acceptors (Lipinski definition) is 7. The van der Waals surface area contributed by atoms with Crippen LogP contribution in [0.3, 0.4) is 0 Å². The van der Waals surface area contributed by atoms with Crippen molar-refractivity contribution >= 4 is 45.5 Å². The summed E-state index contributed by atoms with van der Waals surface area (Å²) >= 11 is 0.766. The molecule has 0 saturated carbocycles. The topological polar surface area (TPSA) is 141 Å². The minimum atomic E-state index is -1.30. The molecular weight excluding hydrogens is 350 g/mol. The summed E-state index contributed by atoms with van der Waals surface area (Å²) in [6.07, 6.45) is -0.565. The molecule has 2 amide bonds. The van der Waals surface area contributed by atoms with Crippen molar-refractivity contribution in [2.45, 2.75) is 12.8 Å². The summed E-state index contributed by atoms with van der Waals surface area (Å²) in [6.45, 7) is 0. The molecule has 0 aliphatic heterocycles. The zero-order valence-electron chi connectivity index (χ0n) is 12.7. The van der Waals surface area contributed by atoms with Gasteiger partial charge in [0.05, 0.1) is 9.80 Å². The molecule has 25 heavy (non-hydrogen) atoms. The van der Waals surface area contributed by atoms with Gasteiger partial charge in [0, 0.05) is 29.8 Å². The second-order valence-corrected chi connectivity index (χ2v) is 5.91. The zero-order valence-corrected chi connectivity index (χ0v) is 13.5. The van der Waals surface area contributed by atoms with Gasteiger partial charge in [-0.3, -0.25) is 19.7 Å². The molecule has 0 bridgehead atoms. The molecule has 2 aromatic rings. The molecule has 2 N–H and O–H groups in total. The van der Waals surface area contributed by atoms with Crippen molar-refractivity contribution in [3.8, 4) is 0 Å². The molecule has 9 nitrogen and oxygen atoms in total. The van der Waals surface area contributed by atoms with E-state index in [9.17, 15) is 29.6 Å². The lowest BCUT2D eigenvalue weighted by Crippen LogP contribution is -2.24. The average Bonchev–Trinajstić information content (AvgIpc) is 3.05. The maximum atomic E-state index is 12.0. The first-order valence-electron chi connectivity index (χ1n) is 7.00. The highest BCUT2D eigenvalue weighted by Gasteiger charge is 2.15. The number of carboxylic acids is 1. The Morgan fingerprint density at radius 1 is 0.960 bits per heavy atom. The fourth-order valence-electron chi connectivity index (χ4n) is 1.82. The lowest BCUT2D eigenvalue weighted by Gasteiger charge is -2.07. The lowest BCUT2D eigenvalue weighted by molar-refractivity contribution is -0.380. The van der Waals surface area contributed by atoms with Crippen LogP contribution in [0, 0.1) is 10.1 Å². The fourth-order valence-corrected chi connectivity index (χ4v) is 2.53. The van der Waals surface area contributed by atoms with Gasteiger partial charge >= 0.3 is 5.00 Å². The number of amides is 2. The number of hydrogen-bond donors (Lipinski definition) is 2. The SMILES string of the molecule is O=C([O-])CCC(=O)Nc1ccc(NC(=O)c2ccc([N+](=O)[O-])s2)cc1. The fraction of sp³-hybridized carbons (Fsp3) is 0.133. The third-order valence-corrected chi connectivity index (χ3v) is 4.01. The number of carboxylic acid groups (broad SMARTS) is 1. The van der Waals surface area contributed by atoms with Gasteiger partial charge < -0.3 is 20.5 Å². The molecule has 130 valence electrons. The van der Waals surface area contributed by atoms with Gasteiger partial charge in [0.25, 0.3) is 5.91 Å². The molecule has 1 aromatic heterocycles. The standard InChI is InChI=1S/C15H13N3O6S/c19-12(6-8-14(20)21)16-9-1-3-10(4-2-9)17-15(22)11-5-7-13(25-11)18(23)24/h1-5,7H,6,8H2,(H,16,19)(H,17,22)(H,20,21)/p-1. The summed E-state index contributed by atoms with van der Waals surface area (Å²) < 4.78 is 0. The first-order valence-corrected chi connectivity index (χ1v) is 7.82. The monoisotopic (exact) mass is 362 g/mol. The normalized spacial score (nSPS) is 10.1. The number of nitro groups is 1. The molecule has 1 aromatic carbocycles. The summed E-state index contributed by atoms with van der Waals surface area (Å²) in [5.74, 6) is -2.25. The van der Waals surface area contributed by atoms with Crippen LogP contribution in [0.5, 0.6) is 0 Å². The van der Waals surface area contributed by atoms with Crippen molar-refractivity contribution in [1.29, 1.82) is 0 Å². The number of anilines is 2. The highest BCUT2D eigenvalue weighted by Crippen LogP contribution is 2.25. The number of thiophene rings is 1. The first kappa shape index (κ1) is 18.1. The Morgan fingerprint density at radius 3 is 2.08 bits per heavy atom. The Bertz CT molecular complexity index is 815. The van der Waals surface area contributed by atoms with E-state index in [1.807, 2.05) is 0 Å². The minimum Gasteiger partial charge on any atom is -0.550 e. The average molecular weight is 362 g/mol. The molecule has 0 saturated heterocycles. The van der Waals surface area contributed by atoms with E-state index < -0.39 is 22.7 Å². The molecule has 0 radical (unpaired) electrons. The summed E-state index contributed by atoms with van der Waals surface area (Å²) in [5, 5.41) is 25.9. The van der Waals surface area contributed by atoms with Crippen LogP contribution >= 0.6 is 11.3 Å². The highest BCUT2D eigenvalue weighted by molar-refractivity contribution is 7.17. The number of nitrogens with one attached hydrogen (secondary N) is 2. The van der Waals surface area contributed by atoms with Gasteiger partial charge in [0.1, 0.15) is 0 Å². The van der Waals surface area contributed by atoms with Gasteiger partial charge in [-0.2, -0.15) is 0 Å². The molecule has 0 spiro atoms. The van der Waals surface area contributed by atoms with E-state index in [1.165, 1.54) is 36.4 Å². The third kappa shape index (κ3) is 5.39. The van der Waals surface area contributed by atoms with Crippen molar-refractivity contribution in [3.63, 3.8) is 0 Å². The van der Waals surface area contributed by atoms with E-state index in [-0.39, 0.29) is 22.7 Å². The van der Waals surface area contributed by atoms with Crippen LogP contribution in [0.25, 0.3) is 0 Å². The summed E-state index contributed by atoms with van der Waals surface area (Å²) in [6, 6.07) is 8.75. The van der Waals surface area contributed by atoms with Gasteiger partial charge in [0.15, 0.2) is 0 Å². The Hall–Kier alpha value is -3.27. The molecule has 0 unspecified atom stereocenters. The van der Waals surface area contributed by atoms with Crippen molar-refractivity contribution in [3.05, 3.63) is 51.4 Å². The van der Waals surface area contributed by atoms with Crippen LogP contribution in [0.2, 0.25) is 0 Å². The summed E-state index contributed by atoms with van der Waals surface area (Å²) in [7, 11) is 0. The van der Waals surface area contributed by atoms with E-state index in [2.05, 4.69) is 10.6 Å². The predicted molar refractivity (Wildman–Crippen MR) is 88.2 cm³/mol. The number of carbonyl (C=O) groups is 3. The lowest BCUT2D eigenvalue weighted by atomic mass is 10.2. The van der Waals surface area contributed by atoms with Crippen molar-refractivity contribution in [1.82, 2.24) is 0 Å². The van der Waals surface area contributed by atoms with E-state index in [0.29, 0.717) is 11.4 Å². The highest BCUT2D eigenvalue weighted by atomic mass is 32.1. The number of rotatable bonds is 7. The van der Waals surface area contributed by atoms with Crippen LogP contribution in [-0.4, -0.2) is 22.7 Å². The molecule has 10 heteroatoms.